The van der Waals surface area contributed by atoms with Crippen molar-refractivity contribution in [2.24, 2.45) is 0 Å². The van der Waals surface area contributed by atoms with Gasteiger partial charge in [-0.05, 0) is 67.9 Å². The third-order valence-electron chi connectivity index (χ3n) is 5.34. The van der Waals surface area contributed by atoms with Crippen LogP contribution in [0.2, 0.25) is 10.0 Å². The lowest BCUT2D eigenvalue weighted by molar-refractivity contribution is 0.0609. The van der Waals surface area contributed by atoms with Crippen LogP contribution in [0.4, 0.5) is 4.39 Å². The van der Waals surface area contributed by atoms with Gasteiger partial charge < -0.3 is 5.11 Å². The molecule has 1 saturated heterocycles. The number of aliphatic hydroxyl groups excluding tert-OH is 1. The lowest BCUT2D eigenvalue weighted by atomic mass is 9.92. The van der Waals surface area contributed by atoms with Gasteiger partial charge in [0.1, 0.15) is 11.9 Å². The van der Waals surface area contributed by atoms with Gasteiger partial charge in [0, 0.05) is 27.4 Å². The standard InChI is InChI=1S/C23H21Cl2FN2O/c24-17-12-16(13-18(25)14-17)21-20(4-3-9-27-21)23(29)22(28-10-1-2-11-28)15-5-7-19(26)8-6-15/h3-9,12-14,22-23,29H,1-2,10-11H2/t22-,23+/m0/s1. The van der Waals surface area contributed by atoms with E-state index in [0.29, 0.717) is 21.3 Å². The maximum Gasteiger partial charge on any atom is 0.123 e. The summed E-state index contributed by atoms with van der Waals surface area (Å²) in [7, 11) is 0. The first-order valence-electron chi connectivity index (χ1n) is 9.62. The maximum atomic E-state index is 13.5. The monoisotopic (exact) mass is 430 g/mol. The van der Waals surface area contributed by atoms with Crippen LogP contribution in [0, 0.1) is 5.82 Å². The van der Waals surface area contributed by atoms with Crippen LogP contribution in [0.25, 0.3) is 11.3 Å². The molecule has 0 saturated carbocycles. The number of halogens is 3. The van der Waals surface area contributed by atoms with Crippen molar-refractivity contribution in [3.63, 3.8) is 0 Å². The summed E-state index contributed by atoms with van der Waals surface area (Å²) in [6.07, 6.45) is 2.99. The summed E-state index contributed by atoms with van der Waals surface area (Å²) >= 11 is 12.4. The van der Waals surface area contributed by atoms with Gasteiger partial charge in [-0.15, -0.1) is 0 Å². The fourth-order valence-corrected chi connectivity index (χ4v) is 4.56. The zero-order chi connectivity index (χ0) is 20.4. The predicted molar refractivity (Wildman–Crippen MR) is 115 cm³/mol. The van der Waals surface area contributed by atoms with Gasteiger partial charge in [0.05, 0.1) is 11.7 Å². The fraction of sp³-hybridized carbons (Fsp3) is 0.261. The smallest absolute Gasteiger partial charge is 0.123 e. The van der Waals surface area contributed by atoms with Crippen molar-refractivity contribution in [1.82, 2.24) is 9.88 Å². The molecule has 4 rings (SSSR count). The molecule has 29 heavy (non-hydrogen) atoms. The molecule has 2 heterocycles. The number of aromatic nitrogens is 1. The summed E-state index contributed by atoms with van der Waals surface area (Å²) < 4.78 is 13.5. The number of hydrogen-bond acceptors (Lipinski definition) is 3. The lowest BCUT2D eigenvalue weighted by Gasteiger charge is -2.33. The number of pyridine rings is 1. The molecule has 2 aromatic carbocycles. The number of aliphatic hydroxyl groups is 1. The van der Waals surface area contributed by atoms with Gasteiger partial charge in [-0.3, -0.25) is 9.88 Å². The van der Waals surface area contributed by atoms with E-state index in [-0.39, 0.29) is 11.9 Å². The molecule has 0 bridgehead atoms. The van der Waals surface area contributed by atoms with E-state index in [1.54, 1.807) is 42.6 Å². The molecule has 6 heteroatoms. The molecule has 3 aromatic rings. The summed E-state index contributed by atoms with van der Waals surface area (Å²) in [5.74, 6) is -0.293. The number of rotatable bonds is 5. The highest BCUT2D eigenvalue weighted by Crippen LogP contribution is 2.40. The summed E-state index contributed by atoms with van der Waals surface area (Å²) in [5.41, 5.74) is 2.94. The molecule has 0 aliphatic carbocycles. The van der Waals surface area contributed by atoms with Gasteiger partial charge >= 0.3 is 0 Å². The minimum Gasteiger partial charge on any atom is -0.386 e. The molecule has 0 unspecified atom stereocenters. The van der Waals surface area contributed by atoms with Crippen LogP contribution < -0.4 is 0 Å². The minimum absolute atomic E-state index is 0.293. The third-order valence-corrected chi connectivity index (χ3v) is 5.77. The average Bonchev–Trinajstić information content (AvgIpc) is 3.23. The highest BCUT2D eigenvalue weighted by molar-refractivity contribution is 6.35. The molecule has 150 valence electrons. The summed E-state index contributed by atoms with van der Waals surface area (Å²) in [5, 5.41) is 12.5. The fourth-order valence-electron chi connectivity index (χ4n) is 4.03. The zero-order valence-corrected chi connectivity index (χ0v) is 17.2. The summed E-state index contributed by atoms with van der Waals surface area (Å²) in [6.45, 7) is 1.77. The highest BCUT2D eigenvalue weighted by Gasteiger charge is 2.32. The normalized spacial score (nSPS) is 16.7. The quantitative estimate of drug-likeness (QED) is 0.533. The maximum absolute atomic E-state index is 13.5. The molecule has 1 fully saturated rings. The molecule has 1 aliphatic heterocycles. The Hall–Kier alpha value is -1.98. The van der Waals surface area contributed by atoms with Crippen LogP contribution in [-0.2, 0) is 0 Å². The van der Waals surface area contributed by atoms with E-state index < -0.39 is 6.10 Å². The van der Waals surface area contributed by atoms with E-state index in [9.17, 15) is 9.50 Å². The first-order valence-corrected chi connectivity index (χ1v) is 10.4. The van der Waals surface area contributed by atoms with E-state index in [1.165, 1.54) is 12.1 Å². The van der Waals surface area contributed by atoms with Crippen molar-refractivity contribution in [1.29, 1.82) is 0 Å². The van der Waals surface area contributed by atoms with Gasteiger partial charge in [0.2, 0.25) is 0 Å². The Bertz CT molecular complexity index is 970. The number of nitrogens with zero attached hydrogens (tertiary/aromatic N) is 2. The minimum atomic E-state index is -0.847. The largest absolute Gasteiger partial charge is 0.386 e. The van der Waals surface area contributed by atoms with Crippen molar-refractivity contribution in [3.8, 4) is 11.3 Å². The van der Waals surface area contributed by atoms with Crippen LogP contribution >= 0.6 is 23.2 Å². The second kappa shape index (κ2) is 8.80. The van der Waals surface area contributed by atoms with Gasteiger partial charge in [0.15, 0.2) is 0 Å². The first-order chi connectivity index (χ1) is 14.0. The van der Waals surface area contributed by atoms with Gasteiger partial charge in [-0.25, -0.2) is 4.39 Å². The lowest BCUT2D eigenvalue weighted by Crippen LogP contribution is -2.31. The van der Waals surface area contributed by atoms with Crippen LogP contribution in [0.1, 0.15) is 36.1 Å². The van der Waals surface area contributed by atoms with Crippen LogP contribution in [0.3, 0.4) is 0 Å². The molecule has 3 nitrogen and oxygen atoms in total. The van der Waals surface area contributed by atoms with E-state index in [4.69, 9.17) is 23.2 Å². The first kappa shape index (κ1) is 20.3. The predicted octanol–water partition coefficient (Wildman–Crippen LogP) is 6.07. The Kier molecular flexibility index (Phi) is 6.16. The Morgan fingerprint density at radius 2 is 1.62 bits per heavy atom. The molecule has 1 N–H and O–H groups in total. The molecule has 1 aliphatic rings. The van der Waals surface area contributed by atoms with Crippen LogP contribution in [0.15, 0.2) is 60.8 Å². The highest BCUT2D eigenvalue weighted by atomic mass is 35.5. The number of likely N-dealkylation sites (tertiary alicyclic amines) is 1. The topological polar surface area (TPSA) is 36.4 Å². The van der Waals surface area contributed by atoms with E-state index in [1.807, 2.05) is 6.07 Å². The number of hydrogen-bond donors (Lipinski definition) is 1. The van der Waals surface area contributed by atoms with E-state index in [2.05, 4.69) is 9.88 Å². The second-order valence-electron chi connectivity index (χ2n) is 7.28. The molecule has 2 atom stereocenters. The Labute approximate surface area is 179 Å². The van der Waals surface area contributed by atoms with Crippen molar-refractivity contribution in [2.75, 3.05) is 13.1 Å². The van der Waals surface area contributed by atoms with Crippen LogP contribution in [-0.4, -0.2) is 28.1 Å². The van der Waals surface area contributed by atoms with Gasteiger partial charge in [0.25, 0.3) is 0 Å². The Morgan fingerprint density at radius 3 is 2.28 bits per heavy atom. The Morgan fingerprint density at radius 1 is 0.966 bits per heavy atom. The average molecular weight is 431 g/mol. The van der Waals surface area contributed by atoms with Crippen molar-refractivity contribution in [2.45, 2.75) is 25.0 Å². The summed E-state index contributed by atoms with van der Waals surface area (Å²) in [4.78, 5) is 6.76. The van der Waals surface area contributed by atoms with Crippen LogP contribution in [0.5, 0.6) is 0 Å². The van der Waals surface area contributed by atoms with Crippen molar-refractivity contribution in [3.05, 3.63) is 87.8 Å². The second-order valence-corrected chi connectivity index (χ2v) is 8.16. The molecule has 0 radical (unpaired) electrons. The number of benzene rings is 2. The summed E-state index contributed by atoms with van der Waals surface area (Å²) in [6, 6.07) is 15.0. The molecule has 1 aromatic heterocycles. The van der Waals surface area contributed by atoms with E-state index in [0.717, 1.165) is 37.1 Å². The van der Waals surface area contributed by atoms with Gasteiger partial charge in [-0.1, -0.05) is 41.4 Å². The molecular weight excluding hydrogens is 410 g/mol. The molecule has 0 amide bonds. The zero-order valence-electron chi connectivity index (χ0n) is 15.7. The van der Waals surface area contributed by atoms with Crippen molar-refractivity contribution < 1.29 is 9.50 Å². The molecule has 0 spiro atoms. The van der Waals surface area contributed by atoms with Gasteiger partial charge in [-0.2, -0.15) is 0 Å². The van der Waals surface area contributed by atoms with E-state index >= 15 is 0 Å². The third kappa shape index (κ3) is 4.46. The van der Waals surface area contributed by atoms with Crippen molar-refractivity contribution >= 4 is 23.2 Å². The molecular formula is C23H21Cl2FN2O. The SMILES string of the molecule is O[C@H](c1cccnc1-c1cc(Cl)cc(Cl)c1)[C@H](c1ccc(F)cc1)N1CCCC1. The Balaban J connectivity index is 1.78.